The second kappa shape index (κ2) is 7.38. The summed E-state index contributed by atoms with van der Waals surface area (Å²) in [6.07, 6.45) is 2.15. The number of nitrogens with one attached hydrogen (secondary N) is 1. The van der Waals surface area contributed by atoms with Gasteiger partial charge in [-0.25, -0.2) is 0 Å². The van der Waals surface area contributed by atoms with Crippen LogP contribution in [-0.2, 0) is 6.42 Å². The van der Waals surface area contributed by atoms with Gasteiger partial charge < -0.3 is 0 Å². The zero-order valence-electron chi connectivity index (χ0n) is 14.9. The third-order valence-electron chi connectivity index (χ3n) is 4.54. The molecule has 0 radical (unpaired) electrons. The van der Waals surface area contributed by atoms with Crippen LogP contribution in [0.2, 0.25) is 0 Å². The van der Waals surface area contributed by atoms with Gasteiger partial charge in [-0.1, -0.05) is 0 Å². The maximum atomic E-state index is 13.0. The Morgan fingerprint density at radius 2 is 1.96 bits per heavy atom. The summed E-state index contributed by atoms with van der Waals surface area (Å²) in [7, 11) is 3.35. The van der Waals surface area contributed by atoms with Crippen molar-refractivity contribution < 1.29 is 31.5 Å². The fraction of sp³-hybridized carbons (Fsp3) is 0.250. The summed E-state index contributed by atoms with van der Waals surface area (Å²) in [5.74, 6) is 1.79. The molecule has 0 unspecified atom stereocenters. The fourth-order valence-electron chi connectivity index (χ4n) is 3.10. The minimum atomic E-state index is -0.715. The normalized spacial score (nSPS) is 14.8. The third-order valence-corrected chi connectivity index (χ3v) is 18.6. The summed E-state index contributed by atoms with van der Waals surface area (Å²) in [5.41, 5.74) is 3.63. The van der Waals surface area contributed by atoms with Gasteiger partial charge in [0.1, 0.15) is 0 Å². The maximum absolute atomic E-state index is 13.0. The van der Waals surface area contributed by atoms with Crippen LogP contribution >= 0.6 is 15.8 Å². The number of aromatic amines is 1. The molecule has 0 amide bonds. The van der Waals surface area contributed by atoms with Crippen LogP contribution < -0.4 is 26.7 Å². The summed E-state index contributed by atoms with van der Waals surface area (Å²) in [6.45, 7) is 1.99. The molecule has 0 aliphatic carbocycles. The van der Waals surface area contributed by atoms with Crippen LogP contribution in [-0.4, -0.2) is 27.4 Å². The standard InChI is InChI=1S/C20H20I2NO3/c1-12-6-15-16(10-23-17(15)9-19(12)25-2)18(24)7-13-4-5-14(22-11-21-22)8-20(13)26-3/h4-6,8-10,23H,7,11H2,1-3H3/q-1. The predicted octanol–water partition coefficient (Wildman–Crippen LogP) is 1.57. The summed E-state index contributed by atoms with van der Waals surface area (Å²) in [4.78, 5) is 16.2. The number of ether oxygens (including phenoxy) is 2. The van der Waals surface area contributed by atoms with Gasteiger partial charge in [0, 0.05) is 0 Å². The van der Waals surface area contributed by atoms with Crippen molar-refractivity contribution in [1.29, 1.82) is 0 Å². The van der Waals surface area contributed by atoms with E-state index in [1.54, 1.807) is 20.4 Å². The number of fused-ring (bicyclic) bond motifs is 1. The van der Waals surface area contributed by atoms with Gasteiger partial charge in [-0.15, -0.1) is 0 Å². The summed E-state index contributed by atoms with van der Waals surface area (Å²) < 4.78 is 14.0. The van der Waals surface area contributed by atoms with Crippen LogP contribution in [0.25, 0.3) is 10.9 Å². The first-order valence-electron chi connectivity index (χ1n) is 8.22. The van der Waals surface area contributed by atoms with E-state index in [9.17, 15) is 4.79 Å². The number of Topliss-reactive ketones (excluding diaryl/α,β-unsaturated/α-hetero) is 1. The van der Waals surface area contributed by atoms with E-state index in [0.29, 0.717) is 23.7 Å². The SMILES string of the molecule is COc1cc2[nH]cc(C(=O)Cc3ccc(I4C[I-]4)cc3OC)c2cc1C. The van der Waals surface area contributed by atoms with Gasteiger partial charge in [-0.3, -0.25) is 0 Å². The van der Waals surface area contributed by atoms with E-state index < -0.39 is 15.8 Å². The molecule has 1 aromatic heterocycles. The second-order valence-electron chi connectivity index (χ2n) is 6.13. The van der Waals surface area contributed by atoms with Crippen LogP contribution in [0.15, 0.2) is 36.5 Å². The molecule has 0 spiro atoms. The zero-order valence-corrected chi connectivity index (χ0v) is 19.2. The molecule has 1 aliphatic heterocycles. The molecule has 26 heavy (non-hydrogen) atoms. The van der Waals surface area contributed by atoms with Crippen molar-refractivity contribution >= 4 is 32.5 Å². The van der Waals surface area contributed by atoms with Gasteiger partial charge in [0.05, 0.1) is 7.11 Å². The van der Waals surface area contributed by atoms with Crippen molar-refractivity contribution in [2.24, 2.45) is 0 Å². The number of methoxy groups -OCH3 is 2. The second-order valence-corrected chi connectivity index (χ2v) is 24.6. The number of rotatable bonds is 6. The third kappa shape index (κ3) is 3.45. The number of hydrogen-bond donors (Lipinski definition) is 1. The summed E-state index contributed by atoms with van der Waals surface area (Å²) in [5, 5.41) is 0.944. The van der Waals surface area contributed by atoms with Gasteiger partial charge in [0.15, 0.2) is 0 Å². The molecule has 6 heteroatoms. The average molecular weight is 576 g/mol. The molecule has 1 fully saturated rings. The summed E-state index contributed by atoms with van der Waals surface area (Å²) in [6, 6.07) is 10.5. The molecule has 0 atom stereocenters. The molecule has 1 aliphatic rings. The number of ketones is 1. The van der Waals surface area contributed by atoms with Crippen LogP contribution in [0.1, 0.15) is 21.5 Å². The predicted molar refractivity (Wildman–Crippen MR) is 108 cm³/mol. The van der Waals surface area contributed by atoms with Crippen molar-refractivity contribution in [3.63, 3.8) is 0 Å². The van der Waals surface area contributed by atoms with E-state index in [0.717, 1.165) is 39.1 Å². The van der Waals surface area contributed by atoms with Crippen LogP contribution in [0.5, 0.6) is 11.5 Å². The Morgan fingerprint density at radius 1 is 1.19 bits per heavy atom. The number of alkyl halides is 2. The molecule has 1 saturated heterocycles. The van der Waals surface area contributed by atoms with E-state index in [1.807, 2.05) is 19.1 Å². The number of aromatic nitrogens is 1. The minimum absolute atomic E-state index is 0.101. The van der Waals surface area contributed by atoms with Gasteiger partial charge in [0.2, 0.25) is 0 Å². The van der Waals surface area contributed by atoms with Gasteiger partial charge >= 0.3 is 160 Å². The van der Waals surface area contributed by atoms with E-state index in [1.165, 1.54) is 6.00 Å². The van der Waals surface area contributed by atoms with Crippen LogP contribution in [0, 0.1) is 10.5 Å². The molecule has 138 valence electrons. The van der Waals surface area contributed by atoms with Gasteiger partial charge in [0.25, 0.3) is 0 Å². The van der Waals surface area contributed by atoms with E-state index in [-0.39, 0.29) is 5.78 Å². The van der Waals surface area contributed by atoms with Crippen molar-refractivity contribution in [1.82, 2.24) is 4.98 Å². The Morgan fingerprint density at radius 3 is 2.65 bits per heavy atom. The van der Waals surface area contributed by atoms with Crippen LogP contribution in [0.3, 0.4) is 0 Å². The number of carbonyl (C=O) groups is 1. The van der Waals surface area contributed by atoms with Crippen molar-refractivity contribution in [2.75, 3.05) is 16.7 Å². The molecular weight excluding hydrogens is 556 g/mol. The van der Waals surface area contributed by atoms with Crippen molar-refractivity contribution in [2.45, 2.75) is 13.3 Å². The van der Waals surface area contributed by atoms with E-state index >= 15 is 0 Å². The molecular formula is C20H20I2NO3-. The first kappa shape index (κ1) is 18.1. The van der Waals surface area contributed by atoms with Crippen molar-refractivity contribution in [3.8, 4) is 11.5 Å². The van der Waals surface area contributed by atoms with E-state index in [2.05, 4.69) is 23.2 Å². The molecule has 2 aromatic carbocycles. The molecule has 0 bridgehead atoms. The fourth-order valence-corrected chi connectivity index (χ4v) is 16.9. The number of hydrogen-bond acceptors (Lipinski definition) is 3. The van der Waals surface area contributed by atoms with E-state index in [4.69, 9.17) is 9.47 Å². The molecule has 3 aromatic rings. The van der Waals surface area contributed by atoms with Crippen molar-refractivity contribution in [3.05, 3.63) is 56.8 Å². The number of halogens is 2. The van der Waals surface area contributed by atoms with Gasteiger partial charge in [-0.2, -0.15) is 0 Å². The average Bonchev–Trinajstić information content (AvgIpc) is 3.41. The molecule has 2 heterocycles. The quantitative estimate of drug-likeness (QED) is 0.276. The molecule has 4 rings (SSSR count). The number of aryl methyl sites for hydroxylation is 1. The Bertz CT molecular complexity index is 992. The Balaban J connectivity index is 1.64. The Hall–Kier alpha value is -1.29. The zero-order chi connectivity index (χ0) is 18.3. The molecule has 1 N–H and O–H groups in total. The monoisotopic (exact) mass is 576 g/mol. The topological polar surface area (TPSA) is 51.3 Å². The number of H-pyrrole nitrogens is 1. The molecule has 4 nitrogen and oxygen atoms in total. The Labute approximate surface area is 166 Å². The number of carbonyl (C=O) groups excluding carboxylic acids is 1. The Kier molecular flexibility index (Phi) is 5.13. The number of benzene rings is 2. The van der Waals surface area contributed by atoms with Gasteiger partial charge in [-0.05, 0) is 0 Å². The summed E-state index contributed by atoms with van der Waals surface area (Å²) >= 11 is -0.203. The van der Waals surface area contributed by atoms with Crippen LogP contribution in [0.4, 0.5) is 0 Å². The first-order chi connectivity index (χ1) is 12.6. The first-order valence-corrected chi connectivity index (χ1v) is 18.6. The molecule has 0 saturated carbocycles.